The number of phenols is 1. The third-order valence-electron chi connectivity index (χ3n) is 12.6. The highest BCUT2D eigenvalue weighted by molar-refractivity contribution is 6.36. The summed E-state index contributed by atoms with van der Waals surface area (Å²) in [6.07, 6.45) is 2.34. The van der Waals surface area contributed by atoms with Crippen LogP contribution in [0.25, 0.3) is 0 Å². The highest BCUT2D eigenvalue weighted by Crippen LogP contribution is 2.64. The van der Waals surface area contributed by atoms with Crippen LogP contribution in [0.2, 0.25) is 10.0 Å². The molecule has 2 heterocycles. The number of carbonyl (C=O) groups is 4. The fraction of sp³-hybridized carbons (Fsp3) is 0.234. The van der Waals surface area contributed by atoms with Gasteiger partial charge in [0.25, 0.3) is 11.8 Å². The third kappa shape index (κ3) is 6.61. The van der Waals surface area contributed by atoms with Gasteiger partial charge >= 0.3 is 0 Å². The fourth-order valence-corrected chi connectivity index (χ4v) is 10.2. The smallest absolute Gasteiger partial charge is 0.260 e. The molecule has 3 fully saturated rings. The molecule has 61 heavy (non-hydrogen) atoms. The summed E-state index contributed by atoms with van der Waals surface area (Å²) in [6, 6.07) is 32.8. The summed E-state index contributed by atoms with van der Waals surface area (Å²) in [7, 11) is 5.47. The zero-order valence-corrected chi connectivity index (χ0v) is 34.8. The van der Waals surface area contributed by atoms with Crippen molar-refractivity contribution >= 4 is 75.3 Å². The van der Waals surface area contributed by atoms with Gasteiger partial charge in [-0.3, -0.25) is 29.5 Å². The first-order valence-electron chi connectivity index (χ1n) is 19.8. The van der Waals surface area contributed by atoms with Crippen LogP contribution in [0.15, 0.2) is 137 Å². The number of methoxy groups -OCH3 is 1. The first-order valence-corrected chi connectivity index (χ1v) is 20.6. The molecule has 4 aliphatic rings. The number of allylic oxidation sites excluding steroid dienone is 2. The largest absolute Gasteiger partial charge is 0.508 e. The Kier molecular flexibility index (Phi) is 10.2. The molecule has 6 atom stereocenters. The predicted molar refractivity (Wildman–Crippen MR) is 233 cm³/mol. The van der Waals surface area contributed by atoms with Crippen LogP contribution in [0.5, 0.6) is 11.5 Å². The van der Waals surface area contributed by atoms with Gasteiger partial charge in [0.15, 0.2) is 0 Å². The van der Waals surface area contributed by atoms with E-state index in [-0.39, 0.29) is 35.4 Å². The molecule has 6 unspecified atom stereocenters. The number of benzene rings is 5. The molecule has 1 saturated carbocycles. The summed E-state index contributed by atoms with van der Waals surface area (Å²) in [5.41, 5.74) is 6.45. The molecule has 5 aromatic rings. The summed E-state index contributed by atoms with van der Waals surface area (Å²) >= 11 is 12.8. The molecule has 308 valence electrons. The molecule has 2 saturated heterocycles. The predicted octanol–water partition coefficient (Wildman–Crippen LogP) is 9.38. The number of nitrogens with zero attached hydrogens (tertiary/aromatic N) is 5. The van der Waals surface area contributed by atoms with E-state index in [1.54, 1.807) is 92.0 Å². The van der Waals surface area contributed by atoms with Crippen LogP contribution in [0.1, 0.15) is 29.9 Å². The lowest BCUT2D eigenvalue weighted by Gasteiger charge is -2.50. The lowest BCUT2D eigenvalue weighted by atomic mass is 9.49. The molecule has 0 spiro atoms. The van der Waals surface area contributed by atoms with Crippen LogP contribution in [-0.4, -0.2) is 54.9 Å². The molecule has 4 amide bonds. The van der Waals surface area contributed by atoms with Crippen LogP contribution in [0.3, 0.4) is 0 Å². The van der Waals surface area contributed by atoms with E-state index in [4.69, 9.17) is 27.9 Å². The van der Waals surface area contributed by atoms with Gasteiger partial charge in [0, 0.05) is 30.7 Å². The number of anilines is 3. The van der Waals surface area contributed by atoms with Gasteiger partial charge in [-0.2, -0.15) is 15.2 Å². The number of nitrogens with one attached hydrogen (secondary N) is 1. The van der Waals surface area contributed by atoms with Gasteiger partial charge in [-0.1, -0.05) is 59.1 Å². The molecule has 14 heteroatoms. The lowest BCUT2D eigenvalue weighted by molar-refractivity contribution is -0.138. The quantitative estimate of drug-likeness (QED) is 0.0848. The van der Waals surface area contributed by atoms with Crippen molar-refractivity contribution in [2.75, 3.05) is 36.4 Å². The summed E-state index contributed by atoms with van der Waals surface area (Å²) in [5, 5.41) is 20.7. The number of hydrazine groups is 1. The SMILES string of the molecule is COc1ccc(C23C(=O)N(Nc4ccc(Cl)cc4Cl)C(=O)C2CC2C(=CCC4C(=O)N(c5ccc(N=Nc6ccc(N(C)C)cc6)cc5)C(=O)C42)C3c2ccc(O)cc2)cc1. The highest BCUT2D eigenvalue weighted by atomic mass is 35.5. The van der Waals surface area contributed by atoms with Crippen molar-refractivity contribution in [2.45, 2.75) is 24.2 Å². The van der Waals surface area contributed by atoms with E-state index in [9.17, 15) is 19.5 Å². The minimum Gasteiger partial charge on any atom is -0.508 e. The monoisotopic (exact) mass is 854 g/mol. The number of aromatic hydroxyl groups is 1. The second-order valence-corrected chi connectivity index (χ2v) is 16.8. The summed E-state index contributed by atoms with van der Waals surface area (Å²) in [6.45, 7) is 0. The number of imide groups is 2. The van der Waals surface area contributed by atoms with Crippen molar-refractivity contribution in [1.29, 1.82) is 0 Å². The van der Waals surface area contributed by atoms with E-state index in [1.165, 1.54) is 11.0 Å². The number of amides is 4. The van der Waals surface area contributed by atoms with Crippen LogP contribution in [0.4, 0.5) is 28.4 Å². The van der Waals surface area contributed by atoms with Gasteiger partial charge in [0.05, 0.1) is 58.1 Å². The van der Waals surface area contributed by atoms with Crippen LogP contribution < -0.4 is 20.0 Å². The topological polar surface area (TPSA) is 144 Å². The summed E-state index contributed by atoms with van der Waals surface area (Å²) in [5.74, 6) is -4.99. The molecular formula is C47H40Cl2N6O6. The fourth-order valence-electron chi connectivity index (χ4n) is 9.74. The molecule has 2 aliphatic carbocycles. The second-order valence-electron chi connectivity index (χ2n) is 15.9. The molecular weight excluding hydrogens is 815 g/mol. The Morgan fingerprint density at radius 1 is 0.787 bits per heavy atom. The van der Waals surface area contributed by atoms with E-state index in [2.05, 4.69) is 15.7 Å². The molecule has 2 aliphatic heterocycles. The van der Waals surface area contributed by atoms with Gasteiger partial charge < -0.3 is 14.7 Å². The zero-order chi connectivity index (χ0) is 42.7. The maximum Gasteiger partial charge on any atom is 0.260 e. The number of ether oxygens (including phenoxy) is 1. The maximum atomic E-state index is 15.4. The van der Waals surface area contributed by atoms with E-state index in [1.807, 2.05) is 49.3 Å². The van der Waals surface area contributed by atoms with Crippen LogP contribution in [0, 0.1) is 23.7 Å². The van der Waals surface area contributed by atoms with E-state index >= 15 is 4.79 Å². The Balaban J connectivity index is 1.10. The number of carbonyl (C=O) groups excluding carboxylic acids is 4. The van der Waals surface area contributed by atoms with Gasteiger partial charge in [-0.15, -0.1) is 0 Å². The average Bonchev–Trinajstić information content (AvgIpc) is 3.65. The van der Waals surface area contributed by atoms with Crippen LogP contribution in [-0.2, 0) is 24.6 Å². The first-order chi connectivity index (χ1) is 29.4. The third-order valence-corrected chi connectivity index (χ3v) is 13.1. The number of hydrogen-bond donors (Lipinski definition) is 2. The molecule has 12 nitrogen and oxygen atoms in total. The normalized spacial score (nSPS) is 24.4. The Morgan fingerprint density at radius 3 is 2.07 bits per heavy atom. The molecule has 9 rings (SSSR count). The minimum absolute atomic E-state index is 0.0247. The number of hydrogen-bond acceptors (Lipinski definition) is 10. The molecule has 2 N–H and O–H groups in total. The number of rotatable bonds is 9. The van der Waals surface area contributed by atoms with Crippen molar-refractivity contribution in [2.24, 2.45) is 33.9 Å². The summed E-state index contributed by atoms with van der Waals surface area (Å²) in [4.78, 5) is 62.7. The van der Waals surface area contributed by atoms with E-state index in [0.717, 1.165) is 16.3 Å². The minimum atomic E-state index is -1.52. The number of fused-ring (bicyclic) bond motifs is 4. The van der Waals surface area contributed by atoms with Crippen molar-refractivity contribution in [3.05, 3.63) is 148 Å². The Bertz CT molecular complexity index is 2630. The maximum absolute atomic E-state index is 15.4. The van der Waals surface area contributed by atoms with Gasteiger partial charge in [-0.25, -0.2) is 0 Å². The molecule has 0 bridgehead atoms. The first kappa shape index (κ1) is 39.9. The lowest BCUT2D eigenvalue weighted by Crippen LogP contribution is -2.53. The van der Waals surface area contributed by atoms with Crippen molar-refractivity contribution in [3.63, 3.8) is 0 Å². The number of halogens is 2. The van der Waals surface area contributed by atoms with E-state index < -0.39 is 46.8 Å². The standard InChI is InChI=1S/C47H40Cl2N6O6/c1-53(2)31-13-9-29(10-14-31)50-51-30-11-15-32(16-12-30)54-43(57)36-22-21-35-37(41(36)45(54)59)25-38-44(58)55(52-40-23-8-28(48)24-39(40)49)46(60)47(38,27-6-19-34(61-3)20-7-27)42(35)26-4-17-33(56)18-5-26/h4-21,23-24,36-38,41-42,52,56H,22,25H2,1-3H3. The van der Waals surface area contributed by atoms with Crippen molar-refractivity contribution in [3.8, 4) is 11.5 Å². The zero-order valence-electron chi connectivity index (χ0n) is 33.3. The van der Waals surface area contributed by atoms with Gasteiger partial charge in [0.1, 0.15) is 11.5 Å². The summed E-state index contributed by atoms with van der Waals surface area (Å²) < 4.78 is 5.49. The highest BCUT2D eigenvalue weighted by Gasteiger charge is 2.70. The molecule has 0 aromatic heterocycles. The Morgan fingerprint density at radius 2 is 1.44 bits per heavy atom. The average molecular weight is 856 g/mol. The van der Waals surface area contributed by atoms with Gasteiger partial charge in [0.2, 0.25) is 11.8 Å². The molecule has 5 aromatic carbocycles. The van der Waals surface area contributed by atoms with Crippen LogP contribution >= 0.6 is 23.2 Å². The number of phenolic OH excluding ortho intramolecular Hbond substituents is 1. The van der Waals surface area contributed by atoms with Gasteiger partial charge in [-0.05, 0) is 121 Å². The second kappa shape index (κ2) is 15.5. The number of azo groups is 1. The Hall–Kier alpha value is -6.50. The van der Waals surface area contributed by atoms with Crippen molar-refractivity contribution < 1.29 is 29.0 Å². The van der Waals surface area contributed by atoms with E-state index in [0.29, 0.717) is 44.6 Å². The Labute approximate surface area is 362 Å². The van der Waals surface area contributed by atoms with Crippen molar-refractivity contribution in [1.82, 2.24) is 5.01 Å². The molecule has 0 radical (unpaired) electrons.